The molecule has 0 saturated carbocycles. The number of nitrogens with zero attached hydrogens (tertiary/aromatic N) is 2. The molecule has 0 amide bonds. The molecule has 134 valence electrons. The Morgan fingerprint density at radius 2 is 2.04 bits per heavy atom. The maximum Gasteiger partial charge on any atom is 0.252 e. The van der Waals surface area contributed by atoms with Crippen LogP contribution in [0.3, 0.4) is 0 Å². The van der Waals surface area contributed by atoms with E-state index in [2.05, 4.69) is 27.4 Å². The lowest BCUT2D eigenvalue weighted by Crippen LogP contribution is -2.12. The molecule has 2 rings (SSSR count). The second-order valence-electron chi connectivity index (χ2n) is 6.17. The van der Waals surface area contributed by atoms with E-state index >= 15 is 0 Å². The van der Waals surface area contributed by atoms with Crippen molar-refractivity contribution in [2.24, 2.45) is 5.10 Å². The molecule has 0 aliphatic rings. The molecule has 0 radical (unpaired) electrons. The van der Waals surface area contributed by atoms with Gasteiger partial charge in [-0.2, -0.15) is 5.10 Å². The van der Waals surface area contributed by atoms with Crippen molar-refractivity contribution in [1.82, 2.24) is 9.97 Å². The fraction of sp³-hybridized carbons (Fsp3) is 0.421. The molecule has 0 spiro atoms. The van der Waals surface area contributed by atoms with E-state index in [0.717, 1.165) is 30.0 Å². The summed E-state index contributed by atoms with van der Waals surface area (Å²) in [5, 5.41) is 4.12. The Morgan fingerprint density at radius 3 is 2.72 bits per heavy atom. The largest absolute Gasteiger partial charge is 0.494 e. The maximum absolute atomic E-state index is 11.6. The summed E-state index contributed by atoms with van der Waals surface area (Å²) >= 11 is 0. The van der Waals surface area contributed by atoms with Crippen molar-refractivity contribution in [3.63, 3.8) is 0 Å². The molecule has 2 aromatic rings. The molecule has 0 aliphatic heterocycles. The maximum atomic E-state index is 11.6. The number of rotatable bonds is 9. The predicted molar refractivity (Wildman–Crippen MR) is 102 cm³/mol. The second-order valence-corrected chi connectivity index (χ2v) is 6.17. The zero-order valence-corrected chi connectivity index (χ0v) is 15.1. The minimum atomic E-state index is -0.194. The topological polar surface area (TPSA) is 79.4 Å². The van der Waals surface area contributed by atoms with Crippen molar-refractivity contribution in [1.29, 1.82) is 0 Å². The van der Waals surface area contributed by atoms with Crippen molar-refractivity contribution in [3.05, 3.63) is 51.9 Å². The number of unbranched alkanes of at least 4 members (excludes halogenated alkanes) is 2. The lowest BCUT2D eigenvalue weighted by atomic mass is 10.1. The van der Waals surface area contributed by atoms with E-state index in [1.165, 1.54) is 18.9 Å². The second kappa shape index (κ2) is 9.61. The third-order valence-electron chi connectivity index (χ3n) is 3.63. The first-order valence-corrected chi connectivity index (χ1v) is 8.71. The lowest BCUT2D eigenvalue weighted by molar-refractivity contribution is 0.306. The van der Waals surface area contributed by atoms with E-state index in [9.17, 15) is 4.79 Å². The number of ether oxygens (including phenoxy) is 1. The van der Waals surface area contributed by atoms with Crippen molar-refractivity contribution in [3.8, 4) is 5.75 Å². The third-order valence-corrected chi connectivity index (χ3v) is 3.63. The van der Waals surface area contributed by atoms with Crippen molar-refractivity contribution >= 4 is 12.2 Å². The van der Waals surface area contributed by atoms with E-state index in [4.69, 9.17) is 4.74 Å². The third kappa shape index (κ3) is 6.41. The molecule has 6 heteroatoms. The van der Waals surface area contributed by atoms with Gasteiger partial charge in [-0.25, -0.2) is 10.4 Å². The molecule has 0 fully saturated rings. The van der Waals surface area contributed by atoms with E-state index in [0.29, 0.717) is 5.95 Å². The molecule has 1 aromatic carbocycles. The molecule has 0 aliphatic carbocycles. The molecular weight excluding hydrogens is 316 g/mol. The Balaban J connectivity index is 1.90. The number of hydrogen-bond acceptors (Lipinski definition) is 5. The van der Waals surface area contributed by atoms with Gasteiger partial charge >= 0.3 is 0 Å². The fourth-order valence-electron chi connectivity index (χ4n) is 2.19. The van der Waals surface area contributed by atoms with Crippen LogP contribution in [0.2, 0.25) is 0 Å². The molecule has 0 bridgehead atoms. The Morgan fingerprint density at radius 1 is 1.28 bits per heavy atom. The van der Waals surface area contributed by atoms with Gasteiger partial charge in [-0.05, 0) is 42.2 Å². The minimum absolute atomic E-state index is 0.178. The van der Waals surface area contributed by atoms with E-state index < -0.39 is 0 Å². The van der Waals surface area contributed by atoms with Gasteiger partial charge in [-0.3, -0.25) is 9.78 Å². The van der Waals surface area contributed by atoms with Gasteiger partial charge < -0.3 is 4.74 Å². The molecule has 2 N–H and O–H groups in total. The lowest BCUT2D eigenvalue weighted by Gasteiger charge is -2.06. The zero-order valence-electron chi connectivity index (χ0n) is 15.1. The van der Waals surface area contributed by atoms with Gasteiger partial charge in [0.2, 0.25) is 5.95 Å². The summed E-state index contributed by atoms with van der Waals surface area (Å²) in [6, 6.07) is 9.21. The van der Waals surface area contributed by atoms with Gasteiger partial charge in [-0.1, -0.05) is 33.6 Å². The van der Waals surface area contributed by atoms with Gasteiger partial charge in [0.1, 0.15) is 5.75 Å². The van der Waals surface area contributed by atoms with E-state index in [-0.39, 0.29) is 11.5 Å². The summed E-state index contributed by atoms with van der Waals surface area (Å²) in [5.41, 5.74) is 4.22. The number of benzene rings is 1. The van der Waals surface area contributed by atoms with Crippen molar-refractivity contribution in [2.45, 2.75) is 46.0 Å². The Bertz CT molecular complexity index is 736. The molecule has 6 nitrogen and oxygen atoms in total. The van der Waals surface area contributed by atoms with Crippen LogP contribution in [0.25, 0.3) is 0 Å². The SMILES string of the molecule is CCCCCOc1ccc(/C=N\Nc2nc(C(C)C)cc(=O)[nH]2)cc1. The van der Waals surface area contributed by atoms with Crippen LogP contribution in [0.4, 0.5) is 5.95 Å². The molecule has 0 saturated heterocycles. The van der Waals surface area contributed by atoms with Crippen molar-refractivity contribution in [2.75, 3.05) is 12.0 Å². The summed E-state index contributed by atoms with van der Waals surface area (Å²) in [6.07, 6.45) is 5.11. The van der Waals surface area contributed by atoms with Crippen LogP contribution in [-0.4, -0.2) is 22.8 Å². The molecule has 25 heavy (non-hydrogen) atoms. The van der Waals surface area contributed by atoms with Gasteiger partial charge in [0.05, 0.1) is 18.5 Å². The highest BCUT2D eigenvalue weighted by atomic mass is 16.5. The standard InChI is InChI=1S/C19H26N4O2/c1-4-5-6-11-25-16-9-7-15(8-10-16)13-20-23-19-21-17(14(2)3)12-18(24)22-19/h7-10,12-14H,4-6,11H2,1-3H3,(H2,21,22,23,24)/b20-13-. The van der Waals surface area contributed by atoms with Gasteiger partial charge in [0, 0.05) is 6.07 Å². The van der Waals surface area contributed by atoms with Gasteiger partial charge in [-0.15, -0.1) is 0 Å². The Hall–Kier alpha value is -2.63. The smallest absolute Gasteiger partial charge is 0.252 e. The minimum Gasteiger partial charge on any atom is -0.494 e. The van der Waals surface area contributed by atoms with Crippen molar-refractivity contribution < 1.29 is 4.74 Å². The quantitative estimate of drug-likeness (QED) is 0.411. The summed E-state index contributed by atoms with van der Waals surface area (Å²) < 4.78 is 5.68. The summed E-state index contributed by atoms with van der Waals surface area (Å²) in [6.45, 7) is 6.89. The average molecular weight is 342 g/mol. The zero-order chi connectivity index (χ0) is 18.1. The Labute approximate surface area is 148 Å². The highest BCUT2D eigenvalue weighted by Crippen LogP contribution is 2.12. The number of aromatic amines is 1. The molecule has 0 atom stereocenters. The number of anilines is 1. The average Bonchev–Trinajstić information content (AvgIpc) is 2.59. The van der Waals surface area contributed by atoms with Crippen LogP contribution < -0.4 is 15.7 Å². The van der Waals surface area contributed by atoms with Crippen LogP contribution >= 0.6 is 0 Å². The van der Waals surface area contributed by atoms with Crippen LogP contribution in [0, 0.1) is 0 Å². The number of nitrogens with one attached hydrogen (secondary N) is 2. The van der Waals surface area contributed by atoms with Crippen LogP contribution in [0.15, 0.2) is 40.2 Å². The monoisotopic (exact) mass is 342 g/mol. The molecule has 0 unspecified atom stereocenters. The predicted octanol–water partition coefficient (Wildman–Crippen LogP) is 3.91. The van der Waals surface area contributed by atoms with Gasteiger partial charge in [0.25, 0.3) is 5.56 Å². The van der Waals surface area contributed by atoms with Gasteiger partial charge in [0.15, 0.2) is 0 Å². The van der Waals surface area contributed by atoms with E-state index in [1.54, 1.807) is 6.21 Å². The summed E-state index contributed by atoms with van der Waals surface area (Å²) in [5.74, 6) is 1.37. The van der Waals surface area contributed by atoms with E-state index in [1.807, 2.05) is 38.1 Å². The Kier molecular flexibility index (Phi) is 7.19. The number of aromatic nitrogens is 2. The summed E-state index contributed by atoms with van der Waals surface area (Å²) in [7, 11) is 0. The molecule has 1 aromatic heterocycles. The first-order chi connectivity index (χ1) is 12.1. The van der Waals surface area contributed by atoms with Crippen LogP contribution in [0.1, 0.15) is 57.2 Å². The fourth-order valence-corrected chi connectivity index (χ4v) is 2.19. The highest BCUT2D eigenvalue weighted by Gasteiger charge is 2.04. The number of H-pyrrole nitrogens is 1. The first-order valence-electron chi connectivity index (χ1n) is 8.71. The molecule has 1 heterocycles. The number of hydrogen-bond donors (Lipinski definition) is 2. The number of hydrazone groups is 1. The highest BCUT2D eigenvalue weighted by molar-refractivity contribution is 5.80. The van der Waals surface area contributed by atoms with Crippen LogP contribution in [-0.2, 0) is 0 Å². The normalized spacial score (nSPS) is 11.2. The molecular formula is C19H26N4O2. The summed E-state index contributed by atoms with van der Waals surface area (Å²) in [4.78, 5) is 18.6. The van der Waals surface area contributed by atoms with Crippen LogP contribution in [0.5, 0.6) is 5.75 Å². The first kappa shape index (κ1) is 18.7.